The lowest BCUT2D eigenvalue weighted by Crippen LogP contribution is -2.15. The SMILES string of the molecule is O=C(O)C(Cc1ccccc1F)c1nncs1. The summed E-state index contributed by atoms with van der Waals surface area (Å²) in [6, 6.07) is 6.14. The van der Waals surface area contributed by atoms with Crippen molar-refractivity contribution < 1.29 is 14.3 Å². The predicted octanol–water partition coefficient (Wildman–Crippen LogP) is 2.09. The first kappa shape index (κ1) is 11.7. The Balaban J connectivity index is 2.26. The first-order valence-corrected chi connectivity index (χ1v) is 5.78. The summed E-state index contributed by atoms with van der Waals surface area (Å²) in [7, 11) is 0. The van der Waals surface area contributed by atoms with Crippen LogP contribution in [0.2, 0.25) is 0 Å². The number of carbonyl (C=O) groups is 1. The van der Waals surface area contributed by atoms with Gasteiger partial charge >= 0.3 is 5.97 Å². The van der Waals surface area contributed by atoms with Crippen LogP contribution in [0, 0.1) is 5.82 Å². The van der Waals surface area contributed by atoms with Gasteiger partial charge in [-0.05, 0) is 18.1 Å². The molecule has 0 radical (unpaired) electrons. The van der Waals surface area contributed by atoms with Gasteiger partial charge in [-0.1, -0.05) is 18.2 Å². The largest absolute Gasteiger partial charge is 0.481 e. The number of hydrogen-bond donors (Lipinski definition) is 1. The molecule has 4 nitrogen and oxygen atoms in total. The van der Waals surface area contributed by atoms with E-state index in [-0.39, 0.29) is 6.42 Å². The van der Waals surface area contributed by atoms with Crippen LogP contribution in [0.15, 0.2) is 29.8 Å². The van der Waals surface area contributed by atoms with Crippen molar-refractivity contribution in [3.63, 3.8) is 0 Å². The molecule has 1 aromatic carbocycles. The molecule has 0 bridgehead atoms. The van der Waals surface area contributed by atoms with E-state index in [1.54, 1.807) is 18.2 Å². The fraction of sp³-hybridized carbons (Fsp3) is 0.182. The summed E-state index contributed by atoms with van der Waals surface area (Å²) in [6.07, 6.45) is 0.0806. The number of nitrogens with zero attached hydrogens (tertiary/aromatic N) is 2. The fourth-order valence-corrected chi connectivity index (χ4v) is 2.14. The van der Waals surface area contributed by atoms with Gasteiger partial charge < -0.3 is 5.11 Å². The van der Waals surface area contributed by atoms with Crippen molar-refractivity contribution in [1.82, 2.24) is 10.2 Å². The summed E-state index contributed by atoms with van der Waals surface area (Å²) in [4.78, 5) is 11.1. The molecule has 0 saturated carbocycles. The van der Waals surface area contributed by atoms with Crippen LogP contribution < -0.4 is 0 Å². The molecule has 1 N–H and O–H groups in total. The van der Waals surface area contributed by atoms with Crippen molar-refractivity contribution in [3.8, 4) is 0 Å². The van der Waals surface area contributed by atoms with E-state index in [1.165, 1.54) is 11.6 Å². The Morgan fingerprint density at radius 1 is 1.47 bits per heavy atom. The number of aromatic nitrogens is 2. The monoisotopic (exact) mass is 252 g/mol. The van der Waals surface area contributed by atoms with Gasteiger partial charge in [-0.2, -0.15) is 0 Å². The van der Waals surface area contributed by atoms with Crippen LogP contribution in [0.1, 0.15) is 16.5 Å². The molecule has 1 aromatic heterocycles. The summed E-state index contributed by atoms with van der Waals surface area (Å²) in [6.45, 7) is 0. The molecular weight excluding hydrogens is 243 g/mol. The molecule has 17 heavy (non-hydrogen) atoms. The normalized spacial score (nSPS) is 12.3. The van der Waals surface area contributed by atoms with Gasteiger partial charge in [0.05, 0.1) is 0 Å². The summed E-state index contributed by atoms with van der Waals surface area (Å²) in [5, 5.41) is 16.8. The van der Waals surface area contributed by atoms with Crippen molar-refractivity contribution in [1.29, 1.82) is 0 Å². The lowest BCUT2D eigenvalue weighted by atomic mass is 10.00. The molecule has 1 unspecified atom stereocenters. The maximum Gasteiger partial charge on any atom is 0.313 e. The Kier molecular flexibility index (Phi) is 3.43. The first-order valence-electron chi connectivity index (χ1n) is 4.90. The average Bonchev–Trinajstić information content (AvgIpc) is 2.81. The number of carboxylic acid groups (broad SMARTS) is 1. The zero-order valence-corrected chi connectivity index (χ0v) is 9.52. The van der Waals surface area contributed by atoms with Gasteiger partial charge in [0, 0.05) is 0 Å². The molecule has 0 aliphatic heterocycles. The van der Waals surface area contributed by atoms with Crippen LogP contribution in [-0.4, -0.2) is 21.3 Å². The van der Waals surface area contributed by atoms with Crippen molar-refractivity contribution in [2.75, 3.05) is 0 Å². The van der Waals surface area contributed by atoms with E-state index in [0.717, 1.165) is 11.3 Å². The van der Waals surface area contributed by atoms with Gasteiger partial charge in [0.15, 0.2) is 0 Å². The molecule has 0 fully saturated rings. The third-order valence-corrected chi connectivity index (χ3v) is 3.16. The molecule has 0 saturated heterocycles. The molecule has 0 amide bonds. The van der Waals surface area contributed by atoms with Crippen molar-refractivity contribution in [3.05, 3.63) is 46.2 Å². The van der Waals surface area contributed by atoms with Crippen LogP contribution in [0.4, 0.5) is 4.39 Å². The minimum absolute atomic E-state index is 0.0806. The van der Waals surface area contributed by atoms with E-state index in [1.807, 2.05) is 0 Å². The highest BCUT2D eigenvalue weighted by Gasteiger charge is 2.24. The predicted molar refractivity (Wildman–Crippen MR) is 60.4 cm³/mol. The standard InChI is InChI=1S/C11H9FN2O2S/c12-9-4-2-1-3-7(9)5-8(11(15)16)10-14-13-6-17-10/h1-4,6,8H,5H2,(H,15,16). The zero-order valence-electron chi connectivity index (χ0n) is 8.71. The molecule has 88 valence electrons. The quantitative estimate of drug-likeness (QED) is 0.905. The minimum Gasteiger partial charge on any atom is -0.481 e. The highest BCUT2D eigenvalue weighted by molar-refractivity contribution is 7.09. The second-order valence-corrected chi connectivity index (χ2v) is 4.33. The highest BCUT2D eigenvalue weighted by Crippen LogP contribution is 2.23. The fourth-order valence-electron chi connectivity index (χ4n) is 1.50. The highest BCUT2D eigenvalue weighted by atomic mass is 32.1. The number of benzene rings is 1. The Morgan fingerprint density at radius 3 is 2.82 bits per heavy atom. The molecule has 1 atom stereocenters. The molecule has 6 heteroatoms. The van der Waals surface area contributed by atoms with Gasteiger partial charge in [-0.25, -0.2) is 4.39 Å². The summed E-state index contributed by atoms with van der Waals surface area (Å²) in [5.41, 5.74) is 1.84. The van der Waals surface area contributed by atoms with Crippen LogP contribution in [0.5, 0.6) is 0 Å². The molecule has 1 heterocycles. The van der Waals surface area contributed by atoms with E-state index in [9.17, 15) is 9.18 Å². The topological polar surface area (TPSA) is 63.1 Å². The van der Waals surface area contributed by atoms with E-state index in [4.69, 9.17) is 5.11 Å². The lowest BCUT2D eigenvalue weighted by molar-refractivity contribution is -0.138. The van der Waals surface area contributed by atoms with Crippen molar-refractivity contribution in [2.24, 2.45) is 0 Å². The number of aliphatic carboxylic acids is 1. The van der Waals surface area contributed by atoms with Crippen molar-refractivity contribution in [2.45, 2.75) is 12.3 Å². The zero-order chi connectivity index (χ0) is 12.3. The van der Waals surface area contributed by atoms with Crippen LogP contribution in [0.3, 0.4) is 0 Å². The molecule has 2 aromatic rings. The van der Waals surface area contributed by atoms with E-state index in [2.05, 4.69) is 10.2 Å². The van der Waals surface area contributed by atoms with Gasteiger partial charge in [-0.15, -0.1) is 21.5 Å². The second-order valence-electron chi connectivity index (χ2n) is 3.46. The molecular formula is C11H9FN2O2S. The number of rotatable bonds is 4. The number of halogens is 1. The minimum atomic E-state index is -1.02. The second kappa shape index (κ2) is 5.01. The number of hydrogen-bond acceptors (Lipinski definition) is 4. The van der Waals surface area contributed by atoms with Crippen LogP contribution in [0.25, 0.3) is 0 Å². The average molecular weight is 252 g/mol. The Bertz CT molecular complexity index is 516. The van der Waals surface area contributed by atoms with Crippen LogP contribution >= 0.6 is 11.3 Å². The third kappa shape index (κ3) is 2.65. The molecule has 2 rings (SSSR count). The molecule has 0 aliphatic carbocycles. The summed E-state index contributed by atoms with van der Waals surface area (Å²) >= 11 is 1.16. The lowest BCUT2D eigenvalue weighted by Gasteiger charge is -2.09. The first-order chi connectivity index (χ1) is 8.18. The van der Waals surface area contributed by atoms with Gasteiger partial charge in [0.25, 0.3) is 0 Å². The van der Waals surface area contributed by atoms with E-state index in [0.29, 0.717) is 10.6 Å². The maximum absolute atomic E-state index is 13.4. The summed E-state index contributed by atoms with van der Waals surface area (Å²) in [5.74, 6) is -2.27. The van der Waals surface area contributed by atoms with E-state index < -0.39 is 17.7 Å². The molecule has 0 aliphatic rings. The van der Waals surface area contributed by atoms with E-state index >= 15 is 0 Å². The van der Waals surface area contributed by atoms with Gasteiger partial charge in [0.2, 0.25) is 0 Å². The smallest absolute Gasteiger partial charge is 0.313 e. The molecule has 0 spiro atoms. The van der Waals surface area contributed by atoms with Crippen molar-refractivity contribution >= 4 is 17.3 Å². The van der Waals surface area contributed by atoms with Gasteiger partial charge in [-0.3, -0.25) is 4.79 Å². The van der Waals surface area contributed by atoms with Crippen LogP contribution in [-0.2, 0) is 11.2 Å². The Hall–Kier alpha value is -1.82. The summed E-state index contributed by atoms with van der Waals surface area (Å²) < 4.78 is 13.4. The Morgan fingerprint density at radius 2 is 2.24 bits per heavy atom. The maximum atomic E-state index is 13.4. The third-order valence-electron chi connectivity index (χ3n) is 2.35. The Labute approximate surface area is 101 Å². The number of carboxylic acids is 1. The van der Waals surface area contributed by atoms with Gasteiger partial charge in [0.1, 0.15) is 22.3 Å².